The molecule has 8 heteroatoms. The summed E-state index contributed by atoms with van der Waals surface area (Å²) in [6, 6.07) is 6.00. The Hall–Kier alpha value is -1.83. The predicted octanol–water partition coefficient (Wildman–Crippen LogP) is 1.90. The van der Waals surface area contributed by atoms with Crippen molar-refractivity contribution in [2.45, 2.75) is 44.9 Å². The van der Waals surface area contributed by atoms with Crippen LogP contribution in [0.15, 0.2) is 24.3 Å². The summed E-state index contributed by atoms with van der Waals surface area (Å²) < 4.78 is 9.91. The summed E-state index contributed by atoms with van der Waals surface area (Å²) in [6.45, 7) is 5.16. The summed E-state index contributed by atoms with van der Waals surface area (Å²) in [5.74, 6) is -0.574. The minimum atomic E-state index is -0.867. The zero-order chi connectivity index (χ0) is 19.7. The van der Waals surface area contributed by atoms with Crippen molar-refractivity contribution in [2.24, 2.45) is 0 Å². The molecule has 0 aliphatic heterocycles. The molecular weight excluding hydrogens is 360 g/mol. The second-order valence-corrected chi connectivity index (χ2v) is 7.28. The number of esters is 1. The number of aliphatic hydroxyl groups is 1. The molecule has 0 aliphatic carbocycles. The van der Waals surface area contributed by atoms with Crippen molar-refractivity contribution in [2.75, 3.05) is 20.3 Å². The van der Waals surface area contributed by atoms with Crippen LogP contribution in [0.25, 0.3) is 0 Å². The van der Waals surface area contributed by atoms with Crippen molar-refractivity contribution in [1.82, 2.24) is 10.6 Å². The van der Waals surface area contributed by atoms with E-state index in [0.717, 1.165) is 5.56 Å². The summed E-state index contributed by atoms with van der Waals surface area (Å²) in [7, 11) is 1.25. The minimum absolute atomic E-state index is 0.238. The number of hydrogen-bond acceptors (Lipinski definition) is 6. The van der Waals surface area contributed by atoms with E-state index in [-0.39, 0.29) is 12.6 Å². The number of halogens is 1. The van der Waals surface area contributed by atoms with E-state index >= 15 is 0 Å². The van der Waals surface area contributed by atoms with Gasteiger partial charge in [0, 0.05) is 17.6 Å². The topological polar surface area (TPSA) is 96.9 Å². The molecule has 0 heterocycles. The van der Waals surface area contributed by atoms with Crippen molar-refractivity contribution in [3.63, 3.8) is 0 Å². The van der Waals surface area contributed by atoms with Gasteiger partial charge < -0.3 is 25.2 Å². The number of carbonyl (C=O) groups excluding carboxylic acids is 2. The molecule has 1 rings (SSSR count). The molecule has 1 unspecified atom stereocenters. The van der Waals surface area contributed by atoms with Gasteiger partial charge in [0.25, 0.3) is 0 Å². The summed E-state index contributed by atoms with van der Waals surface area (Å²) >= 11 is 5.90. The molecule has 0 aromatic heterocycles. The third kappa shape index (κ3) is 8.51. The number of methoxy groups -OCH3 is 1. The van der Waals surface area contributed by atoms with Crippen LogP contribution in [0.4, 0.5) is 4.79 Å². The van der Waals surface area contributed by atoms with Gasteiger partial charge in [-0.15, -0.1) is 0 Å². The first-order chi connectivity index (χ1) is 12.1. The number of rotatable bonds is 8. The summed E-state index contributed by atoms with van der Waals surface area (Å²) in [5, 5.41) is 15.6. The van der Waals surface area contributed by atoms with Crippen molar-refractivity contribution < 1.29 is 24.2 Å². The van der Waals surface area contributed by atoms with E-state index in [0.29, 0.717) is 11.4 Å². The third-order valence-electron chi connectivity index (χ3n) is 3.40. The van der Waals surface area contributed by atoms with Crippen LogP contribution in [0.5, 0.6) is 0 Å². The Labute approximate surface area is 159 Å². The molecule has 7 nitrogen and oxygen atoms in total. The van der Waals surface area contributed by atoms with Gasteiger partial charge in [0.2, 0.25) is 0 Å². The molecule has 0 saturated carbocycles. The fourth-order valence-corrected chi connectivity index (χ4v) is 2.33. The number of alkyl carbamates (subject to hydrolysis) is 1. The van der Waals surface area contributed by atoms with Crippen LogP contribution < -0.4 is 10.6 Å². The lowest BCUT2D eigenvalue weighted by Crippen LogP contribution is -2.50. The molecule has 26 heavy (non-hydrogen) atoms. The van der Waals surface area contributed by atoms with Gasteiger partial charge in [-0.3, -0.25) is 4.79 Å². The molecule has 0 spiro atoms. The molecule has 1 aromatic carbocycles. The Morgan fingerprint density at radius 2 is 1.85 bits per heavy atom. The van der Waals surface area contributed by atoms with E-state index in [1.165, 1.54) is 7.11 Å². The highest BCUT2D eigenvalue weighted by atomic mass is 35.5. The van der Waals surface area contributed by atoms with Gasteiger partial charge >= 0.3 is 12.1 Å². The van der Waals surface area contributed by atoms with Gasteiger partial charge in [-0.25, -0.2) is 4.79 Å². The summed E-state index contributed by atoms with van der Waals surface area (Å²) in [4.78, 5) is 23.7. The normalized spacial score (nSPS) is 13.6. The molecule has 1 amide bonds. The lowest BCUT2D eigenvalue weighted by molar-refractivity contribution is -0.144. The highest BCUT2D eigenvalue weighted by Crippen LogP contribution is 2.12. The Morgan fingerprint density at radius 1 is 1.23 bits per heavy atom. The molecule has 0 saturated heterocycles. The monoisotopic (exact) mass is 386 g/mol. The fraction of sp³-hybridized carbons (Fsp3) is 0.556. The zero-order valence-corrected chi connectivity index (χ0v) is 16.3. The van der Waals surface area contributed by atoms with E-state index < -0.39 is 30.3 Å². The van der Waals surface area contributed by atoms with E-state index in [1.807, 2.05) is 12.1 Å². The van der Waals surface area contributed by atoms with Gasteiger partial charge in [0.15, 0.2) is 0 Å². The molecule has 0 radical (unpaired) electrons. The molecule has 0 fully saturated rings. The van der Waals surface area contributed by atoms with Crippen LogP contribution in [-0.2, 0) is 20.7 Å². The SMILES string of the molecule is COC(=O)C(CO)NC[C@H](Cc1ccc(Cl)cc1)NC(=O)OC(C)(C)C. The van der Waals surface area contributed by atoms with E-state index in [9.17, 15) is 14.7 Å². The predicted molar refractivity (Wildman–Crippen MR) is 99.2 cm³/mol. The fourth-order valence-electron chi connectivity index (χ4n) is 2.20. The number of benzene rings is 1. The molecule has 0 aliphatic rings. The van der Waals surface area contributed by atoms with Gasteiger partial charge in [0.1, 0.15) is 11.6 Å². The maximum Gasteiger partial charge on any atom is 0.407 e. The Kier molecular flexibility index (Phi) is 8.84. The second-order valence-electron chi connectivity index (χ2n) is 6.84. The lowest BCUT2D eigenvalue weighted by atomic mass is 10.1. The Bertz CT molecular complexity index is 586. The number of nitrogens with one attached hydrogen (secondary N) is 2. The molecular formula is C18H27ClN2O5. The largest absolute Gasteiger partial charge is 0.468 e. The quantitative estimate of drug-likeness (QED) is 0.590. The van der Waals surface area contributed by atoms with Crippen LogP contribution in [0, 0.1) is 0 Å². The zero-order valence-electron chi connectivity index (χ0n) is 15.5. The van der Waals surface area contributed by atoms with Gasteiger partial charge in [0.05, 0.1) is 13.7 Å². The second kappa shape index (κ2) is 10.4. The number of amides is 1. The molecule has 0 bridgehead atoms. The molecule has 3 N–H and O–H groups in total. The molecule has 1 aromatic rings. The minimum Gasteiger partial charge on any atom is -0.468 e. The van der Waals surface area contributed by atoms with E-state index in [1.54, 1.807) is 32.9 Å². The average Bonchev–Trinajstić information content (AvgIpc) is 2.55. The van der Waals surface area contributed by atoms with Crippen LogP contribution >= 0.6 is 11.6 Å². The maximum absolute atomic E-state index is 12.1. The Morgan fingerprint density at radius 3 is 2.35 bits per heavy atom. The smallest absolute Gasteiger partial charge is 0.407 e. The summed E-state index contributed by atoms with van der Waals surface area (Å²) in [6.07, 6.45) is -0.0696. The van der Waals surface area contributed by atoms with Crippen molar-refractivity contribution in [1.29, 1.82) is 0 Å². The standard InChI is InChI=1S/C18H27ClN2O5/c1-18(2,3)26-17(24)21-14(9-12-5-7-13(19)8-6-12)10-20-15(11-22)16(23)25-4/h5-8,14-15,20,22H,9-11H2,1-4H3,(H,21,24)/t14-,15?/m0/s1. The van der Waals surface area contributed by atoms with Crippen LogP contribution in [0.1, 0.15) is 26.3 Å². The van der Waals surface area contributed by atoms with Crippen LogP contribution in [-0.4, -0.2) is 55.1 Å². The highest BCUT2D eigenvalue weighted by molar-refractivity contribution is 6.30. The van der Waals surface area contributed by atoms with Crippen molar-refractivity contribution >= 4 is 23.7 Å². The maximum atomic E-state index is 12.1. The van der Waals surface area contributed by atoms with Crippen LogP contribution in [0.2, 0.25) is 5.02 Å². The van der Waals surface area contributed by atoms with Gasteiger partial charge in [-0.1, -0.05) is 23.7 Å². The number of carbonyl (C=O) groups is 2. The highest BCUT2D eigenvalue weighted by Gasteiger charge is 2.23. The van der Waals surface area contributed by atoms with E-state index in [4.69, 9.17) is 16.3 Å². The third-order valence-corrected chi connectivity index (χ3v) is 3.65. The number of hydrogen-bond donors (Lipinski definition) is 3. The molecule has 2 atom stereocenters. The number of aliphatic hydroxyl groups excluding tert-OH is 1. The van der Waals surface area contributed by atoms with Gasteiger partial charge in [-0.05, 0) is 44.9 Å². The number of ether oxygens (including phenoxy) is 2. The van der Waals surface area contributed by atoms with E-state index in [2.05, 4.69) is 15.4 Å². The van der Waals surface area contributed by atoms with Gasteiger partial charge in [-0.2, -0.15) is 0 Å². The molecule has 146 valence electrons. The lowest BCUT2D eigenvalue weighted by Gasteiger charge is -2.25. The summed E-state index contributed by atoms with van der Waals surface area (Å²) in [5.41, 5.74) is 0.331. The first kappa shape index (κ1) is 22.2. The van der Waals surface area contributed by atoms with Crippen molar-refractivity contribution in [3.8, 4) is 0 Å². The average molecular weight is 387 g/mol. The first-order valence-electron chi connectivity index (χ1n) is 8.30. The van der Waals surface area contributed by atoms with Crippen LogP contribution in [0.3, 0.4) is 0 Å². The van der Waals surface area contributed by atoms with Crippen molar-refractivity contribution in [3.05, 3.63) is 34.9 Å². The Balaban J connectivity index is 2.78. The first-order valence-corrected chi connectivity index (χ1v) is 8.68.